The molecule has 27 heavy (non-hydrogen) atoms. The van der Waals surface area contributed by atoms with E-state index in [1.165, 1.54) is 0 Å². The maximum Gasteiger partial charge on any atom is 0.338 e. The molecule has 1 aliphatic heterocycles. The molecule has 1 amide bonds. The summed E-state index contributed by atoms with van der Waals surface area (Å²) < 4.78 is 16.1. The minimum Gasteiger partial charge on any atom is -0.489 e. The van der Waals surface area contributed by atoms with E-state index < -0.39 is 12.1 Å². The van der Waals surface area contributed by atoms with Crippen LogP contribution in [0.3, 0.4) is 0 Å². The van der Waals surface area contributed by atoms with Gasteiger partial charge in [0.15, 0.2) is 6.10 Å². The molecule has 1 aromatic heterocycles. The molecule has 0 aliphatic carbocycles. The van der Waals surface area contributed by atoms with E-state index in [2.05, 4.69) is 5.16 Å². The van der Waals surface area contributed by atoms with E-state index in [0.717, 1.165) is 42.9 Å². The number of aromatic nitrogens is 1. The molecule has 1 atom stereocenters. The number of rotatable bonds is 6. The SMILES string of the molecule is Cc1noc(C)c1COc1ccc(C(=O)O[C@H](C)C(=O)N2CCCC2)cc1. The van der Waals surface area contributed by atoms with Crippen molar-refractivity contribution >= 4 is 11.9 Å². The highest BCUT2D eigenvalue weighted by atomic mass is 16.5. The summed E-state index contributed by atoms with van der Waals surface area (Å²) in [7, 11) is 0. The van der Waals surface area contributed by atoms with Crippen LogP contribution < -0.4 is 4.74 Å². The molecule has 0 unspecified atom stereocenters. The standard InChI is InChI=1S/C20H24N2O5/c1-13-18(14(2)27-21-13)12-25-17-8-6-16(7-9-17)20(24)26-15(3)19(23)22-10-4-5-11-22/h6-9,15H,4-5,10-12H2,1-3H3/t15-/m1/s1. The zero-order valence-corrected chi connectivity index (χ0v) is 15.9. The van der Waals surface area contributed by atoms with Crippen molar-refractivity contribution in [2.45, 2.75) is 46.3 Å². The lowest BCUT2D eigenvalue weighted by Gasteiger charge is -2.20. The van der Waals surface area contributed by atoms with Crippen LogP contribution in [-0.4, -0.2) is 41.1 Å². The van der Waals surface area contributed by atoms with Crippen LogP contribution in [-0.2, 0) is 16.1 Å². The lowest BCUT2D eigenvalue weighted by atomic mass is 10.2. The Morgan fingerprint density at radius 2 is 1.85 bits per heavy atom. The van der Waals surface area contributed by atoms with Gasteiger partial charge in [-0.1, -0.05) is 5.16 Å². The molecule has 7 heteroatoms. The van der Waals surface area contributed by atoms with Gasteiger partial charge in [0.25, 0.3) is 5.91 Å². The quantitative estimate of drug-likeness (QED) is 0.725. The van der Waals surface area contributed by atoms with Gasteiger partial charge in [-0.2, -0.15) is 0 Å². The van der Waals surface area contributed by atoms with Gasteiger partial charge in [-0.15, -0.1) is 0 Å². The Morgan fingerprint density at radius 1 is 1.19 bits per heavy atom. The molecule has 1 aliphatic rings. The topological polar surface area (TPSA) is 81.9 Å². The Kier molecular flexibility index (Phi) is 5.78. The van der Waals surface area contributed by atoms with Crippen molar-refractivity contribution in [1.82, 2.24) is 10.1 Å². The maximum absolute atomic E-state index is 12.3. The lowest BCUT2D eigenvalue weighted by molar-refractivity contribution is -0.138. The summed E-state index contributed by atoms with van der Waals surface area (Å²) in [4.78, 5) is 26.2. The highest BCUT2D eigenvalue weighted by Crippen LogP contribution is 2.19. The summed E-state index contributed by atoms with van der Waals surface area (Å²) in [6.07, 6.45) is 1.22. The first-order valence-electron chi connectivity index (χ1n) is 9.10. The first-order valence-corrected chi connectivity index (χ1v) is 9.10. The Balaban J connectivity index is 1.54. The van der Waals surface area contributed by atoms with Gasteiger partial charge in [0.05, 0.1) is 16.8 Å². The number of carbonyl (C=O) groups is 2. The van der Waals surface area contributed by atoms with Gasteiger partial charge in [-0.25, -0.2) is 4.79 Å². The Bertz CT molecular complexity index is 787. The van der Waals surface area contributed by atoms with Crippen molar-refractivity contribution in [3.63, 3.8) is 0 Å². The van der Waals surface area contributed by atoms with Crippen LogP contribution >= 0.6 is 0 Å². The van der Waals surface area contributed by atoms with Crippen molar-refractivity contribution in [2.75, 3.05) is 13.1 Å². The first-order chi connectivity index (χ1) is 13.0. The van der Waals surface area contributed by atoms with Gasteiger partial charge in [0, 0.05) is 13.1 Å². The highest BCUT2D eigenvalue weighted by Gasteiger charge is 2.26. The van der Waals surface area contributed by atoms with Gasteiger partial charge in [0.2, 0.25) is 0 Å². The number of aryl methyl sites for hydroxylation is 2. The third kappa shape index (κ3) is 4.48. The number of amides is 1. The molecule has 0 radical (unpaired) electrons. The minimum atomic E-state index is -0.786. The third-order valence-corrected chi connectivity index (χ3v) is 4.70. The fourth-order valence-electron chi connectivity index (χ4n) is 3.02. The Morgan fingerprint density at radius 3 is 2.44 bits per heavy atom. The summed E-state index contributed by atoms with van der Waals surface area (Å²) in [5.41, 5.74) is 2.08. The third-order valence-electron chi connectivity index (χ3n) is 4.70. The number of carbonyl (C=O) groups excluding carboxylic acids is 2. The first kappa shape index (κ1) is 18.9. The Labute approximate surface area is 158 Å². The smallest absolute Gasteiger partial charge is 0.338 e. The number of likely N-dealkylation sites (tertiary alicyclic amines) is 1. The molecule has 2 aromatic rings. The summed E-state index contributed by atoms with van der Waals surface area (Å²) >= 11 is 0. The second-order valence-electron chi connectivity index (χ2n) is 6.70. The number of esters is 1. The van der Waals surface area contributed by atoms with E-state index in [9.17, 15) is 9.59 Å². The van der Waals surface area contributed by atoms with Crippen molar-refractivity contribution in [3.8, 4) is 5.75 Å². The molecule has 1 aromatic carbocycles. The summed E-state index contributed by atoms with van der Waals surface area (Å²) in [5.74, 6) is 0.685. The summed E-state index contributed by atoms with van der Waals surface area (Å²) in [5, 5.41) is 3.89. The highest BCUT2D eigenvalue weighted by molar-refractivity contribution is 5.92. The van der Waals surface area contributed by atoms with Crippen molar-refractivity contribution < 1.29 is 23.6 Å². The fraction of sp³-hybridized carbons (Fsp3) is 0.450. The molecule has 0 saturated carbocycles. The minimum absolute atomic E-state index is 0.139. The van der Waals surface area contributed by atoms with Crippen molar-refractivity contribution in [1.29, 1.82) is 0 Å². The van der Waals surface area contributed by atoms with Crippen LogP contribution in [0, 0.1) is 13.8 Å². The predicted molar refractivity (Wildman–Crippen MR) is 97.4 cm³/mol. The van der Waals surface area contributed by atoms with E-state index in [0.29, 0.717) is 17.9 Å². The molecular formula is C20H24N2O5. The van der Waals surface area contributed by atoms with Crippen LogP contribution in [0.4, 0.5) is 0 Å². The molecule has 7 nitrogen and oxygen atoms in total. The van der Waals surface area contributed by atoms with Crippen molar-refractivity contribution in [3.05, 3.63) is 46.8 Å². The molecule has 3 rings (SSSR count). The van der Waals surface area contributed by atoms with Crippen molar-refractivity contribution in [2.24, 2.45) is 0 Å². The molecule has 0 N–H and O–H groups in total. The van der Waals surface area contributed by atoms with Crippen LogP contribution in [0.5, 0.6) is 5.75 Å². The van der Waals surface area contributed by atoms with E-state index in [1.807, 2.05) is 13.8 Å². The van der Waals surface area contributed by atoms with Gasteiger partial charge < -0.3 is 18.9 Å². The Hall–Kier alpha value is -2.83. The molecule has 144 valence electrons. The van der Waals surface area contributed by atoms with Gasteiger partial charge in [-0.3, -0.25) is 4.79 Å². The van der Waals surface area contributed by atoms with Gasteiger partial charge >= 0.3 is 5.97 Å². The molecule has 0 spiro atoms. The number of hydrogen-bond acceptors (Lipinski definition) is 6. The fourth-order valence-corrected chi connectivity index (χ4v) is 3.02. The van der Waals surface area contributed by atoms with E-state index in [-0.39, 0.29) is 5.91 Å². The van der Waals surface area contributed by atoms with Crippen LogP contribution in [0.25, 0.3) is 0 Å². The zero-order chi connectivity index (χ0) is 19.4. The van der Waals surface area contributed by atoms with E-state index in [4.69, 9.17) is 14.0 Å². The zero-order valence-electron chi connectivity index (χ0n) is 15.9. The second kappa shape index (κ2) is 8.24. The van der Waals surface area contributed by atoms with E-state index in [1.54, 1.807) is 36.1 Å². The molecular weight excluding hydrogens is 348 g/mol. The lowest BCUT2D eigenvalue weighted by Crippen LogP contribution is -2.38. The predicted octanol–water partition coefficient (Wildman–Crippen LogP) is 3.04. The molecule has 0 bridgehead atoms. The number of benzene rings is 1. The largest absolute Gasteiger partial charge is 0.489 e. The molecule has 2 heterocycles. The van der Waals surface area contributed by atoms with Gasteiger partial charge in [0.1, 0.15) is 18.1 Å². The maximum atomic E-state index is 12.3. The van der Waals surface area contributed by atoms with Crippen LogP contribution in [0.1, 0.15) is 47.1 Å². The van der Waals surface area contributed by atoms with Crippen LogP contribution in [0.15, 0.2) is 28.8 Å². The normalized spacial score (nSPS) is 14.9. The molecule has 1 saturated heterocycles. The second-order valence-corrected chi connectivity index (χ2v) is 6.70. The number of ether oxygens (including phenoxy) is 2. The monoisotopic (exact) mass is 372 g/mol. The van der Waals surface area contributed by atoms with Gasteiger partial charge in [-0.05, 0) is 57.9 Å². The molecule has 1 fully saturated rings. The average Bonchev–Trinajstić information content (AvgIpc) is 3.30. The summed E-state index contributed by atoms with van der Waals surface area (Å²) in [6.45, 7) is 7.11. The number of hydrogen-bond donors (Lipinski definition) is 0. The summed E-state index contributed by atoms with van der Waals surface area (Å²) in [6, 6.07) is 6.64. The number of nitrogens with zero attached hydrogens (tertiary/aromatic N) is 2. The van der Waals surface area contributed by atoms with E-state index >= 15 is 0 Å². The van der Waals surface area contributed by atoms with Crippen LogP contribution in [0.2, 0.25) is 0 Å². The average molecular weight is 372 g/mol.